The van der Waals surface area contributed by atoms with Gasteiger partial charge in [0.15, 0.2) is 0 Å². The molecule has 18 heavy (non-hydrogen) atoms. The van der Waals surface area contributed by atoms with Crippen molar-refractivity contribution in [2.45, 2.75) is 18.9 Å². The average molecular weight is 316 g/mol. The number of carbonyl (C=O) groups is 1. The Morgan fingerprint density at radius 3 is 2.78 bits per heavy atom. The summed E-state index contributed by atoms with van der Waals surface area (Å²) in [6.45, 7) is 0. The van der Waals surface area contributed by atoms with Gasteiger partial charge in [0.1, 0.15) is 11.9 Å². The van der Waals surface area contributed by atoms with E-state index in [1.54, 1.807) is 13.2 Å². The van der Waals surface area contributed by atoms with Gasteiger partial charge in [-0.3, -0.25) is 9.59 Å². The first-order valence-electron chi connectivity index (χ1n) is 5.62. The summed E-state index contributed by atoms with van der Waals surface area (Å²) >= 11 is 3.34. The summed E-state index contributed by atoms with van der Waals surface area (Å²) in [6.07, 6.45) is 2.90. The molecular formula is C12H14BrNO4. The van der Waals surface area contributed by atoms with Crippen LogP contribution in [0.2, 0.25) is 0 Å². The largest absolute Gasteiger partial charge is 0.489 e. The third kappa shape index (κ3) is 2.58. The Balaban J connectivity index is 1.99. The van der Waals surface area contributed by atoms with Gasteiger partial charge in [0.25, 0.3) is 5.56 Å². The maximum Gasteiger partial charge on any atom is 0.308 e. The first-order chi connectivity index (χ1) is 8.51. The van der Waals surface area contributed by atoms with Gasteiger partial charge in [-0.05, 0) is 28.8 Å². The van der Waals surface area contributed by atoms with Crippen molar-refractivity contribution in [3.8, 4) is 5.75 Å². The number of aromatic nitrogens is 1. The van der Waals surface area contributed by atoms with Gasteiger partial charge < -0.3 is 14.0 Å². The lowest BCUT2D eigenvalue weighted by atomic mass is 9.82. The van der Waals surface area contributed by atoms with E-state index in [4.69, 9.17) is 4.74 Å². The van der Waals surface area contributed by atoms with Crippen LogP contribution in [0.25, 0.3) is 0 Å². The molecule has 0 saturated heterocycles. The number of hydrogen-bond acceptors (Lipinski definition) is 4. The molecule has 1 aromatic rings. The van der Waals surface area contributed by atoms with E-state index < -0.39 is 0 Å². The van der Waals surface area contributed by atoms with Crippen LogP contribution in [-0.2, 0) is 16.6 Å². The second-order valence-electron chi connectivity index (χ2n) is 4.37. The highest BCUT2D eigenvalue weighted by Gasteiger charge is 2.37. The normalized spacial score (nSPS) is 22.2. The Kier molecular flexibility index (Phi) is 3.75. The number of esters is 1. The zero-order valence-electron chi connectivity index (χ0n) is 10.2. The molecule has 1 aliphatic rings. The smallest absolute Gasteiger partial charge is 0.308 e. The second kappa shape index (κ2) is 5.14. The molecule has 0 aliphatic heterocycles. The van der Waals surface area contributed by atoms with Gasteiger partial charge in [0.05, 0.1) is 17.5 Å². The number of aryl methyl sites for hydroxylation is 1. The number of pyridine rings is 1. The maximum atomic E-state index is 11.5. The summed E-state index contributed by atoms with van der Waals surface area (Å²) in [6, 6.07) is 1.44. The van der Waals surface area contributed by atoms with Crippen molar-refractivity contribution in [3.63, 3.8) is 0 Å². The van der Waals surface area contributed by atoms with Crippen LogP contribution >= 0.6 is 15.9 Å². The van der Waals surface area contributed by atoms with E-state index in [9.17, 15) is 9.59 Å². The predicted octanol–water partition coefficient (Wildman–Crippen LogP) is 1.48. The quantitative estimate of drug-likeness (QED) is 0.793. The van der Waals surface area contributed by atoms with Crippen molar-refractivity contribution in [3.05, 3.63) is 27.1 Å². The number of carbonyl (C=O) groups excluding carboxylic acids is 1. The van der Waals surface area contributed by atoms with Crippen LogP contribution in [0.1, 0.15) is 12.8 Å². The van der Waals surface area contributed by atoms with Gasteiger partial charge in [-0.25, -0.2) is 0 Å². The van der Waals surface area contributed by atoms with Crippen LogP contribution in [0, 0.1) is 5.92 Å². The molecule has 5 nitrogen and oxygen atoms in total. The minimum Gasteiger partial charge on any atom is -0.489 e. The van der Waals surface area contributed by atoms with E-state index in [2.05, 4.69) is 20.7 Å². The highest BCUT2D eigenvalue weighted by Crippen LogP contribution is 2.34. The molecular weight excluding hydrogens is 302 g/mol. The SMILES string of the molecule is COC(=O)C1CC(Oc2cc(=O)n(C)cc2Br)C1. The molecule has 1 heterocycles. The second-order valence-corrected chi connectivity index (χ2v) is 5.22. The number of ether oxygens (including phenoxy) is 2. The lowest BCUT2D eigenvalue weighted by Gasteiger charge is -2.33. The summed E-state index contributed by atoms with van der Waals surface area (Å²) in [5.41, 5.74) is -0.128. The van der Waals surface area contributed by atoms with E-state index in [1.165, 1.54) is 17.7 Å². The Hall–Kier alpha value is -1.30. The Morgan fingerprint density at radius 1 is 1.50 bits per heavy atom. The number of methoxy groups -OCH3 is 1. The van der Waals surface area contributed by atoms with Crippen molar-refractivity contribution in [1.82, 2.24) is 4.57 Å². The van der Waals surface area contributed by atoms with Gasteiger partial charge in [-0.2, -0.15) is 0 Å². The molecule has 0 spiro atoms. The van der Waals surface area contributed by atoms with Crippen LogP contribution < -0.4 is 10.3 Å². The summed E-state index contributed by atoms with van der Waals surface area (Å²) in [4.78, 5) is 22.7. The maximum absolute atomic E-state index is 11.5. The monoisotopic (exact) mass is 315 g/mol. The Labute approximate surface area is 113 Å². The molecule has 0 radical (unpaired) electrons. The van der Waals surface area contributed by atoms with Crippen LogP contribution in [0.3, 0.4) is 0 Å². The topological polar surface area (TPSA) is 57.5 Å². The molecule has 1 saturated carbocycles. The highest BCUT2D eigenvalue weighted by molar-refractivity contribution is 9.10. The minimum atomic E-state index is -0.196. The summed E-state index contributed by atoms with van der Waals surface area (Å²) in [7, 11) is 3.06. The number of rotatable bonds is 3. The lowest BCUT2D eigenvalue weighted by molar-refractivity contribution is -0.151. The van der Waals surface area contributed by atoms with Crippen molar-refractivity contribution >= 4 is 21.9 Å². The van der Waals surface area contributed by atoms with E-state index in [1.807, 2.05) is 0 Å². The summed E-state index contributed by atoms with van der Waals surface area (Å²) in [5, 5.41) is 0. The zero-order chi connectivity index (χ0) is 13.3. The number of halogens is 1. The molecule has 6 heteroatoms. The zero-order valence-corrected chi connectivity index (χ0v) is 11.8. The van der Waals surface area contributed by atoms with Gasteiger partial charge in [-0.15, -0.1) is 0 Å². The van der Waals surface area contributed by atoms with Gasteiger partial charge in [-0.1, -0.05) is 0 Å². The number of hydrogen-bond donors (Lipinski definition) is 0. The van der Waals surface area contributed by atoms with Gasteiger partial charge >= 0.3 is 5.97 Å². The van der Waals surface area contributed by atoms with E-state index in [-0.39, 0.29) is 23.6 Å². The van der Waals surface area contributed by atoms with Crippen LogP contribution in [0.4, 0.5) is 0 Å². The fraction of sp³-hybridized carbons (Fsp3) is 0.500. The number of nitrogens with zero attached hydrogens (tertiary/aromatic N) is 1. The lowest BCUT2D eigenvalue weighted by Crippen LogP contribution is -2.39. The molecule has 0 aromatic carbocycles. The van der Waals surface area contributed by atoms with Gasteiger partial charge in [0, 0.05) is 19.3 Å². The molecule has 0 bridgehead atoms. The first-order valence-corrected chi connectivity index (χ1v) is 6.41. The van der Waals surface area contributed by atoms with Crippen LogP contribution in [0.15, 0.2) is 21.5 Å². The summed E-state index contributed by atoms with van der Waals surface area (Å²) < 4.78 is 12.5. The minimum absolute atomic E-state index is 0.0301. The van der Waals surface area contributed by atoms with E-state index in [0.717, 1.165) is 4.47 Å². The molecule has 1 aliphatic carbocycles. The van der Waals surface area contributed by atoms with Crippen LogP contribution in [-0.4, -0.2) is 23.8 Å². The molecule has 1 aromatic heterocycles. The Morgan fingerprint density at radius 2 is 2.17 bits per heavy atom. The first kappa shape index (κ1) is 13.1. The Bertz CT molecular complexity index is 519. The van der Waals surface area contributed by atoms with Crippen LogP contribution in [0.5, 0.6) is 5.75 Å². The third-order valence-electron chi connectivity index (χ3n) is 3.07. The average Bonchev–Trinajstić information content (AvgIpc) is 2.28. The summed E-state index contributed by atoms with van der Waals surface area (Å²) in [5.74, 6) is 0.245. The highest BCUT2D eigenvalue weighted by atomic mass is 79.9. The molecule has 98 valence electrons. The third-order valence-corrected chi connectivity index (χ3v) is 3.66. The van der Waals surface area contributed by atoms with Gasteiger partial charge in [0.2, 0.25) is 0 Å². The van der Waals surface area contributed by atoms with E-state index >= 15 is 0 Å². The van der Waals surface area contributed by atoms with Crippen molar-refractivity contribution in [2.75, 3.05) is 7.11 Å². The van der Waals surface area contributed by atoms with Crippen molar-refractivity contribution in [2.24, 2.45) is 13.0 Å². The molecule has 1 fully saturated rings. The molecule has 0 unspecified atom stereocenters. The standard InChI is InChI=1S/C12H14BrNO4/c1-14-6-9(13)10(5-11(14)15)18-8-3-7(4-8)12(16)17-2/h5-8H,3-4H2,1-2H3. The molecule has 0 atom stereocenters. The molecule has 0 N–H and O–H groups in total. The van der Waals surface area contributed by atoms with Crippen molar-refractivity contribution in [1.29, 1.82) is 0 Å². The predicted molar refractivity (Wildman–Crippen MR) is 68.5 cm³/mol. The molecule has 2 rings (SSSR count). The fourth-order valence-electron chi connectivity index (χ4n) is 1.87. The fourth-order valence-corrected chi connectivity index (χ4v) is 2.39. The molecule has 0 amide bonds. The van der Waals surface area contributed by atoms with Crippen molar-refractivity contribution < 1.29 is 14.3 Å². The van der Waals surface area contributed by atoms with E-state index in [0.29, 0.717) is 18.6 Å².